The first-order valence-electron chi connectivity index (χ1n) is 8.50. The topological polar surface area (TPSA) is 67.6 Å². The molecule has 6 nitrogen and oxygen atoms in total. The van der Waals surface area contributed by atoms with Gasteiger partial charge < -0.3 is 19.5 Å². The maximum Gasteiger partial charge on any atom is 0.387 e. The van der Waals surface area contributed by atoms with Gasteiger partial charge in [-0.3, -0.25) is 4.79 Å². The van der Waals surface area contributed by atoms with Gasteiger partial charge in [0.2, 0.25) is 5.76 Å². The van der Waals surface area contributed by atoms with E-state index in [1.54, 1.807) is 24.3 Å². The Bertz CT molecular complexity index is 764. The monoisotopic (exact) mass is 365 g/mol. The SMILES string of the molecule is CC(C)c1cc(C(=O)NC2CCN(c3ccccc3OC(F)F)C2)on1. The van der Waals surface area contributed by atoms with E-state index in [-0.39, 0.29) is 29.4 Å². The fraction of sp³-hybridized carbons (Fsp3) is 0.444. The molecule has 8 heteroatoms. The van der Waals surface area contributed by atoms with E-state index >= 15 is 0 Å². The summed E-state index contributed by atoms with van der Waals surface area (Å²) in [6, 6.07) is 8.17. The van der Waals surface area contributed by atoms with Crippen molar-refractivity contribution in [2.45, 2.75) is 38.8 Å². The third-order valence-electron chi connectivity index (χ3n) is 4.29. The summed E-state index contributed by atoms with van der Waals surface area (Å²) in [5.41, 5.74) is 1.31. The van der Waals surface area contributed by atoms with Crippen LogP contribution in [0.4, 0.5) is 14.5 Å². The first-order chi connectivity index (χ1) is 12.4. The molecule has 1 atom stereocenters. The number of benzene rings is 1. The molecule has 1 unspecified atom stereocenters. The zero-order chi connectivity index (χ0) is 18.7. The average molecular weight is 365 g/mol. The third kappa shape index (κ3) is 4.12. The minimum Gasteiger partial charge on any atom is -0.433 e. The van der Waals surface area contributed by atoms with E-state index < -0.39 is 6.61 Å². The number of carbonyl (C=O) groups is 1. The lowest BCUT2D eigenvalue weighted by molar-refractivity contribution is -0.0495. The molecule has 1 fully saturated rings. The molecule has 26 heavy (non-hydrogen) atoms. The zero-order valence-electron chi connectivity index (χ0n) is 14.6. The van der Waals surface area contributed by atoms with Crippen molar-refractivity contribution in [2.75, 3.05) is 18.0 Å². The van der Waals surface area contributed by atoms with E-state index in [1.807, 2.05) is 18.7 Å². The number of halogens is 2. The van der Waals surface area contributed by atoms with Crippen LogP contribution in [0.5, 0.6) is 5.75 Å². The van der Waals surface area contributed by atoms with Crippen LogP contribution >= 0.6 is 0 Å². The quantitative estimate of drug-likeness (QED) is 0.850. The molecular formula is C18H21F2N3O3. The van der Waals surface area contributed by atoms with Gasteiger partial charge in [-0.15, -0.1) is 0 Å². The van der Waals surface area contributed by atoms with Crippen LogP contribution in [0.1, 0.15) is 42.4 Å². The number of anilines is 1. The summed E-state index contributed by atoms with van der Waals surface area (Å²) in [6.07, 6.45) is 0.694. The van der Waals surface area contributed by atoms with Gasteiger partial charge in [0.25, 0.3) is 5.91 Å². The molecule has 2 aromatic rings. The van der Waals surface area contributed by atoms with Gasteiger partial charge in [0.05, 0.1) is 11.4 Å². The average Bonchev–Trinajstić information content (AvgIpc) is 3.24. The minimum absolute atomic E-state index is 0.116. The number of nitrogens with one attached hydrogen (secondary N) is 1. The molecule has 0 radical (unpaired) electrons. The lowest BCUT2D eigenvalue weighted by Gasteiger charge is -2.21. The van der Waals surface area contributed by atoms with Gasteiger partial charge in [0.1, 0.15) is 5.75 Å². The number of rotatable bonds is 6. The molecule has 1 aromatic carbocycles. The van der Waals surface area contributed by atoms with Crippen molar-refractivity contribution in [3.8, 4) is 5.75 Å². The number of carbonyl (C=O) groups excluding carboxylic acids is 1. The van der Waals surface area contributed by atoms with Crippen LogP contribution in [-0.2, 0) is 0 Å². The Balaban J connectivity index is 1.63. The van der Waals surface area contributed by atoms with Crippen LogP contribution in [0.25, 0.3) is 0 Å². The molecule has 1 aliphatic rings. The van der Waals surface area contributed by atoms with E-state index in [1.165, 1.54) is 6.07 Å². The normalized spacial score (nSPS) is 17.2. The molecule has 0 aliphatic carbocycles. The van der Waals surface area contributed by atoms with Crippen molar-refractivity contribution in [1.82, 2.24) is 10.5 Å². The van der Waals surface area contributed by atoms with E-state index in [0.717, 1.165) is 5.69 Å². The van der Waals surface area contributed by atoms with Crippen LogP contribution in [0.3, 0.4) is 0 Å². The van der Waals surface area contributed by atoms with Gasteiger partial charge in [-0.25, -0.2) is 0 Å². The van der Waals surface area contributed by atoms with Crippen LogP contribution < -0.4 is 15.0 Å². The number of hydrogen-bond acceptors (Lipinski definition) is 5. The maximum atomic E-state index is 12.6. The Morgan fingerprint density at radius 1 is 1.38 bits per heavy atom. The number of nitrogens with zero attached hydrogens (tertiary/aromatic N) is 2. The molecule has 1 saturated heterocycles. The molecule has 3 rings (SSSR count). The van der Waals surface area contributed by atoms with Crippen LogP contribution in [0, 0.1) is 0 Å². The summed E-state index contributed by atoms with van der Waals surface area (Å²) in [7, 11) is 0. The van der Waals surface area contributed by atoms with Crippen LogP contribution in [0.2, 0.25) is 0 Å². The first-order valence-corrected chi connectivity index (χ1v) is 8.50. The third-order valence-corrected chi connectivity index (χ3v) is 4.29. The molecule has 140 valence electrons. The number of amides is 1. The van der Waals surface area contributed by atoms with Crippen LogP contribution in [0.15, 0.2) is 34.9 Å². The van der Waals surface area contributed by atoms with Crippen molar-refractivity contribution in [1.29, 1.82) is 0 Å². The zero-order valence-corrected chi connectivity index (χ0v) is 14.6. The number of alkyl halides is 2. The van der Waals surface area contributed by atoms with E-state index in [4.69, 9.17) is 4.52 Å². The number of hydrogen-bond donors (Lipinski definition) is 1. The molecule has 1 aromatic heterocycles. The van der Waals surface area contributed by atoms with Gasteiger partial charge in [0, 0.05) is 25.2 Å². The molecule has 1 aliphatic heterocycles. The fourth-order valence-corrected chi connectivity index (χ4v) is 2.94. The van der Waals surface area contributed by atoms with E-state index in [9.17, 15) is 13.6 Å². The molecule has 0 spiro atoms. The van der Waals surface area contributed by atoms with Crippen molar-refractivity contribution < 1.29 is 22.8 Å². The van der Waals surface area contributed by atoms with Gasteiger partial charge >= 0.3 is 6.61 Å². The largest absolute Gasteiger partial charge is 0.433 e. The van der Waals surface area contributed by atoms with Gasteiger partial charge in [-0.05, 0) is 24.5 Å². The Labute approximate surface area is 150 Å². The highest BCUT2D eigenvalue weighted by atomic mass is 19.3. The van der Waals surface area contributed by atoms with Crippen LogP contribution in [-0.4, -0.2) is 36.8 Å². The highest BCUT2D eigenvalue weighted by molar-refractivity contribution is 5.91. The lowest BCUT2D eigenvalue weighted by Crippen LogP contribution is -2.37. The van der Waals surface area contributed by atoms with Crippen molar-refractivity contribution in [3.05, 3.63) is 41.8 Å². The predicted octanol–water partition coefficient (Wildman–Crippen LogP) is 3.41. The summed E-state index contributed by atoms with van der Waals surface area (Å²) in [5, 5.41) is 6.78. The molecular weight excluding hydrogens is 344 g/mol. The molecule has 0 saturated carbocycles. The smallest absolute Gasteiger partial charge is 0.387 e. The summed E-state index contributed by atoms with van der Waals surface area (Å²) < 4.78 is 34.8. The Hall–Kier alpha value is -2.64. The van der Waals surface area contributed by atoms with Crippen molar-refractivity contribution in [3.63, 3.8) is 0 Å². The first kappa shape index (κ1) is 18.2. The van der Waals surface area contributed by atoms with Gasteiger partial charge in [-0.2, -0.15) is 8.78 Å². The van der Waals surface area contributed by atoms with E-state index in [0.29, 0.717) is 25.2 Å². The summed E-state index contributed by atoms with van der Waals surface area (Å²) in [5.74, 6) is 0.154. The Kier molecular flexibility index (Phi) is 5.39. The highest BCUT2D eigenvalue weighted by Gasteiger charge is 2.27. The Morgan fingerprint density at radius 2 is 2.15 bits per heavy atom. The standard InChI is InChI=1S/C18H21F2N3O3/c1-11(2)13-9-16(26-22-13)17(24)21-12-7-8-23(10-12)14-5-3-4-6-15(14)25-18(19)20/h3-6,9,11-12,18H,7-8,10H2,1-2H3,(H,21,24). The fourth-order valence-electron chi connectivity index (χ4n) is 2.94. The second kappa shape index (κ2) is 7.72. The minimum atomic E-state index is -2.88. The number of ether oxygens (including phenoxy) is 1. The molecule has 1 N–H and O–H groups in total. The number of aromatic nitrogens is 1. The second-order valence-electron chi connectivity index (χ2n) is 6.52. The summed E-state index contributed by atoms with van der Waals surface area (Å²) in [4.78, 5) is 14.2. The maximum absolute atomic E-state index is 12.6. The highest BCUT2D eigenvalue weighted by Crippen LogP contribution is 2.31. The van der Waals surface area contributed by atoms with Crippen molar-refractivity contribution in [2.24, 2.45) is 0 Å². The van der Waals surface area contributed by atoms with Gasteiger partial charge in [0.15, 0.2) is 0 Å². The van der Waals surface area contributed by atoms with Crippen molar-refractivity contribution >= 4 is 11.6 Å². The number of para-hydroxylation sites is 2. The molecule has 2 heterocycles. The summed E-state index contributed by atoms with van der Waals surface area (Å²) >= 11 is 0. The Morgan fingerprint density at radius 3 is 2.85 bits per heavy atom. The lowest BCUT2D eigenvalue weighted by atomic mass is 10.1. The predicted molar refractivity (Wildman–Crippen MR) is 91.8 cm³/mol. The van der Waals surface area contributed by atoms with Gasteiger partial charge in [-0.1, -0.05) is 31.1 Å². The summed E-state index contributed by atoms with van der Waals surface area (Å²) in [6.45, 7) is 2.18. The molecule has 1 amide bonds. The second-order valence-corrected chi connectivity index (χ2v) is 6.52. The van der Waals surface area contributed by atoms with E-state index in [2.05, 4.69) is 15.2 Å². The molecule has 0 bridgehead atoms.